The third-order valence-corrected chi connectivity index (χ3v) is 11.4. The lowest BCUT2D eigenvalue weighted by Crippen LogP contribution is -2.10. The molecule has 11 aromatic rings. The van der Waals surface area contributed by atoms with E-state index in [0.29, 0.717) is 0 Å². The molecule has 0 spiro atoms. The van der Waals surface area contributed by atoms with E-state index in [2.05, 4.69) is 169 Å². The number of anilines is 3. The van der Waals surface area contributed by atoms with Gasteiger partial charge in [-0.3, -0.25) is 0 Å². The maximum Gasteiger partial charge on any atom is 0.147 e. The van der Waals surface area contributed by atoms with Gasteiger partial charge in [0.2, 0.25) is 0 Å². The highest BCUT2D eigenvalue weighted by Gasteiger charge is 2.23. The second-order valence-electron chi connectivity index (χ2n) is 13.3. The van der Waals surface area contributed by atoms with Crippen LogP contribution < -0.4 is 4.90 Å². The Morgan fingerprint density at radius 3 is 1.79 bits per heavy atom. The van der Waals surface area contributed by atoms with Crippen LogP contribution in [-0.2, 0) is 0 Å². The summed E-state index contributed by atoms with van der Waals surface area (Å²) in [4.78, 5) is 2.34. The summed E-state index contributed by atoms with van der Waals surface area (Å²) >= 11 is 1.85. The SMILES string of the molecule is c1ccc(-c2ccc(N(c3ccc(-c4ccc5sc6ccccc6c5c4)cc3)c3cccc4oc5ccc6c7ccccc7oc6c5c34)cc2)cc1. The third kappa shape index (κ3) is 4.51. The number of para-hydroxylation sites is 1. The molecule has 52 heavy (non-hydrogen) atoms. The normalized spacial score (nSPS) is 11.8. The lowest BCUT2D eigenvalue weighted by Gasteiger charge is -2.26. The Hall–Kier alpha value is -6.62. The summed E-state index contributed by atoms with van der Waals surface area (Å²) in [5.74, 6) is 0. The molecular formula is C48H29NO2S. The smallest absolute Gasteiger partial charge is 0.147 e. The van der Waals surface area contributed by atoms with E-state index in [1.165, 1.54) is 42.4 Å². The third-order valence-electron chi connectivity index (χ3n) is 10.3. The van der Waals surface area contributed by atoms with E-state index < -0.39 is 0 Å². The number of thiophene rings is 1. The molecule has 3 heterocycles. The second kappa shape index (κ2) is 11.5. The molecule has 0 saturated carbocycles. The Morgan fingerprint density at radius 1 is 0.365 bits per heavy atom. The predicted molar refractivity (Wildman–Crippen MR) is 219 cm³/mol. The monoisotopic (exact) mass is 683 g/mol. The van der Waals surface area contributed by atoms with Crippen molar-refractivity contribution in [1.29, 1.82) is 0 Å². The quantitative estimate of drug-likeness (QED) is 0.181. The van der Waals surface area contributed by atoms with Crippen molar-refractivity contribution in [3.8, 4) is 22.3 Å². The molecule has 4 heteroatoms. The Kier molecular flexibility index (Phi) is 6.42. The first-order chi connectivity index (χ1) is 25.8. The summed E-state index contributed by atoms with van der Waals surface area (Å²) in [7, 11) is 0. The number of nitrogens with zero attached hydrogens (tertiary/aromatic N) is 1. The molecule has 0 atom stereocenters. The molecule has 0 amide bonds. The van der Waals surface area contributed by atoms with Crippen molar-refractivity contribution in [2.45, 2.75) is 0 Å². The van der Waals surface area contributed by atoms with E-state index in [-0.39, 0.29) is 0 Å². The molecule has 3 aromatic heterocycles. The van der Waals surface area contributed by atoms with Gasteiger partial charge in [0.15, 0.2) is 0 Å². The summed E-state index contributed by atoms with van der Waals surface area (Å²) in [6.07, 6.45) is 0. The van der Waals surface area contributed by atoms with Gasteiger partial charge < -0.3 is 13.7 Å². The van der Waals surface area contributed by atoms with Gasteiger partial charge in [-0.2, -0.15) is 0 Å². The molecule has 0 radical (unpaired) electrons. The van der Waals surface area contributed by atoms with Gasteiger partial charge in [-0.1, -0.05) is 103 Å². The van der Waals surface area contributed by atoms with Crippen LogP contribution in [0.2, 0.25) is 0 Å². The number of hydrogen-bond donors (Lipinski definition) is 0. The molecule has 0 aliphatic rings. The van der Waals surface area contributed by atoms with E-state index in [1.54, 1.807) is 0 Å². The minimum atomic E-state index is 0.806. The minimum Gasteiger partial charge on any atom is -0.456 e. The molecule has 0 saturated heterocycles. The molecule has 0 bridgehead atoms. The van der Waals surface area contributed by atoms with Gasteiger partial charge >= 0.3 is 0 Å². The maximum absolute atomic E-state index is 6.58. The van der Waals surface area contributed by atoms with Crippen LogP contribution in [0.25, 0.3) is 86.3 Å². The molecule has 0 fully saturated rings. The topological polar surface area (TPSA) is 29.5 Å². The standard InChI is InChI=1S/C48H29NO2S/c1-2-9-30(10-3-1)31-17-22-34(23-18-31)49(35-24-19-32(20-25-35)33-21-28-45-39(29-33)37-12-5-7-16-44(37)52-45)40-13-8-15-42-46(40)47-43(50-42)27-26-38-36-11-4-6-14-41(36)51-48(38)47/h1-29H. The van der Waals surface area contributed by atoms with Crippen molar-refractivity contribution in [2.24, 2.45) is 0 Å². The summed E-state index contributed by atoms with van der Waals surface area (Å²) in [6.45, 7) is 0. The Morgan fingerprint density at radius 2 is 0.981 bits per heavy atom. The summed E-state index contributed by atoms with van der Waals surface area (Å²) < 4.78 is 15.8. The van der Waals surface area contributed by atoms with Crippen molar-refractivity contribution >= 4 is 92.4 Å². The number of rotatable bonds is 5. The highest BCUT2D eigenvalue weighted by molar-refractivity contribution is 7.25. The van der Waals surface area contributed by atoms with E-state index in [0.717, 1.165) is 60.9 Å². The van der Waals surface area contributed by atoms with E-state index in [4.69, 9.17) is 8.83 Å². The zero-order valence-electron chi connectivity index (χ0n) is 27.9. The van der Waals surface area contributed by atoms with Crippen LogP contribution in [0.5, 0.6) is 0 Å². The summed E-state index contributed by atoms with van der Waals surface area (Å²) in [6, 6.07) is 62.5. The van der Waals surface area contributed by atoms with Crippen molar-refractivity contribution in [3.05, 3.63) is 176 Å². The first kappa shape index (κ1) is 29.1. The predicted octanol–water partition coefficient (Wildman–Crippen LogP) is 14.7. The Bertz CT molecular complexity index is 3110. The van der Waals surface area contributed by atoms with Crippen LogP contribution in [0.1, 0.15) is 0 Å². The number of fused-ring (bicyclic) bond motifs is 10. The van der Waals surface area contributed by atoms with Gasteiger partial charge in [0.25, 0.3) is 0 Å². The summed E-state index contributed by atoms with van der Waals surface area (Å²) in [5.41, 5.74) is 11.2. The molecule has 8 aromatic carbocycles. The molecule has 11 rings (SSSR count). The molecule has 0 aliphatic carbocycles. The maximum atomic E-state index is 6.58. The molecule has 244 valence electrons. The van der Waals surface area contributed by atoms with Crippen LogP contribution in [0, 0.1) is 0 Å². The average molecular weight is 684 g/mol. The number of hydrogen-bond acceptors (Lipinski definition) is 4. The van der Waals surface area contributed by atoms with Crippen LogP contribution in [0.3, 0.4) is 0 Å². The minimum absolute atomic E-state index is 0.806. The first-order valence-corrected chi connectivity index (χ1v) is 18.3. The van der Waals surface area contributed by atoms with Gasteiger partial charge in [0.1, 0.15) is 22.3 Å². The second-order valence-corrected chi connectivity index (χ2v) is 14.4. The van der Waals surface area contributed by atoms with Crippen molar-refractivity contribution in [2.75, 3.05) is 4.90 Å². The Balaban J connectivity index is 1.10. The van der Waals surface area contributed by atoms with Gasteiger partial charge in [-0.05, 0) is 95.1 Å². The van der Waals surface area contributed by atoms with Crippen LogP contribution in [-0.4, -0.2) is 0 Å². The van der Waals surface area contributed by atoms with Crippen molar-refractivity contribution in [3.63, 3.8) is 0 Å². The van der Waals surface area contributed by atoms with Gasteiger partial charge in [-0.25, -0.2) is 0 Å². The largest absolute Gasteiger partial charge is 0.456 e. The number of furan rings is 2. The lowest BCUT2D eigenvalue weighted by molar-refractivity contribution is 0.663. The van der Waals surface area contributed by atoms with Crippen molar-refractivity contribution in [1.82, 2.24) is 0 Å². The molecular weight excluding hydrogens is 655 g/mol. The van der Waals surface area contributed by atoms with Crippen LogP contribution in [0.4, 0.5) is 17.1 Å². The van der Waals surface area contributed by atoms with Crippen molar-refractivity contribution < 1.29 is 8.83 Å². The highest BCUT2D eigenvalue weighted by atomic mass is 32.1. The molecule has 0 N–H and O–H groups in total. The van der Waals surface area contributed by atoms with E-state index in [9.17, 15) is 0 Å². The fraction of sp³-hybridized carbons (Fsp3) is 0. The first-order valence-electron chi connectivity index (χ1n) is 17.5. The van der Waals surface area contributed by atoms with Gasteiger partial charge in [-0.15, -0.1) is 11.3 Å². The highest BCUT2D eigenvalue weighted by Crippen LogP contribution is 2.47. The zero-order valence-corrected chi connectivity index (χ0v) is 28.7. The van der Waals surface area contributed by atoms with Gasteiger partial charge in [0.05, 0.1) is 16.5 Å². The van der Waals surface area contributed by atoms with E-state index >= 15 is 0 Å². The molecule has 0 unspecified atom stereocenters. The fourth-order valence-electron chi connectivity index (χ4n) is 7.82. The van der Waals surface area contributed by atoms with Crippen LogP contribution >= 0.6 is 11.3 Å². The average Bonchev–Trinajstić information content (AvgIpc) is 3.90. The van der Waals surface area contributed by atoms with Crippen LogP contribution in [0.15, 0.2) is 185 Å². The zero-order chi connectivity index (χ0) is 34.2. The summed E-state index contributed by atoms with van der Waals surface area (Å²) in [5, 5.41) is 6.80. The Labute approximate surface area is 303 Å². The lowest BCUT2D eigenvalue weighted by atomic mass is 10.0. The number of benzene rings is 8. The molecule has 0 aliphatic heterocycles. The fourth-order valence-corrected chi connectivity index (χ4v) is 8.91. The van der Waals surface area contributed by atoms with E-state index in [1.807, 2.05) is 23.5 Å². The molecule has 3 nitrogen and oxygen atoms in total. The van der Waals surface area contributed by atoms with Gasteiger partial charge in [0, 0.05) is 42.3 Å².